The van der Waals surface area contributed by atoms with E-state index in [2.05, 4.69) is 20.6 Å². The molecular formula is C16H24N6O3. The molecule has 0 aliphatic carbocycles. The molecule has 0 bridgehead atoms. The average Bonchev–Trinajstić information content (AvgIpc) is 2.61. The van der Waals surface area contributed by atoms with E-state index in [9.17, 15) is 9.59 Å². The van der Waals surface area contributed by atoms with Gasteiger partial charge in [0.2, 0.25) is 5.91 Å². The molecule has 2 N–H and O–H groups in total. The molecule has 2 aliphatic heterocycles. The van der Waals surface area contributed by atoms with Gasteiger partial charge >= 0.3 is 6.09 Å². The first-order chi connectivity index (χ1) is 12.0. The molecular weight excluding hydrogens is 324 g/mol. The van der Waals surface area contributed by atoms with Crippen LogP contribution in [0.1, 0.15) is 20.8 Å². The van der Waals surface area contributed by atoms with Gasteiger partial charge in [-0.15, -0.1) is 0 Å². The zero-order valence-corrected chi connectivity index (χ0v) is 14.8. The van der Waals surface area contributed by atoms with Crippen LogP contribution >= 0.6 is 0 Å². The minimum Gasteiger partial charge on any atom is -0.450 e. The van der Waals surface area contributed by atoms with E-state index in [0.29, 0.717) is 50.1 Å². The van der Waals surface area contributed by atoms with Crippen molar-refractivity contribution < 1.29 is 14.3 Å². The predicted molar refractivity (Wildman–Crippen MR) is 93.7 cm³/mol. The van der Waals surface area contributed by atoms with Gasteiger partial charge in [-0.1, -0.05) is 13.8 Å². The fourth-order valence-corrected chi connectivity index (χ4v) is 3.04. The second-order valence-corrected chi connectivity index (χ2v) is 6.45. The quantitative estimate of drug-likeness (QED) is 0.845. The van der Waals surface area contributed by atoms with Gasteiger partial charge in [-0.25, -0.2) is 14.8 Å². The minimum absolute atomic E-state index is 0.0799. The Hall–Kier alpha value is -2.58. The summed E-state index contributed by atoms with van der Waals surface area (Å²) in [5.41, 5.74) is 0.606. The van der Waals surface area contributed by atoms with E-state index in [1.165, 1.54) is 6.33 Å². The summed E-state index contributed by atoms with van der Waals surface area (Å²) in [6, 6.07) is -0.309. The lowest BCUT2D eigenvalue weighted by Gasteiger charge is -2.37. The lowest BCUT2D eigenvalue weighted by atomic mass is 10.0. The molecule has 1 unspecified atom stereocenters. The maximum atomic E-state index is 12.3. The standard InChI is InChI=1S/C16H24N6O3/c1-4-25-16(24)22-7-5-21(6-8-22)14-12-13(17-9-18-14)19-11(10(2)3)15(23)20-12/h9-11H,4-8H2,1-3H3,(H,20,23)(H,17,18,19). The highest BCUT2D eigenvalue weighted by Gasteiger charge is 2.33. The largest absolute Gasteiger partial charge is 0.450 e. The molecule has 1 aromatic rings. The van der Waals surface area contributed by atoms with Gasteiger partial charge in [0.15, 0.2) is 11.6 Å². The van der Waals surface area contributed by atoms with Crippen molar-refractivity contribution in [2.45, 2.75) is 26.8 Å². The van der Waals surface area contributed by atoms with Crippen LogP contribution in [0.25, 0.3) is 0 Å². The molecule has 0 aromatic carbocycles. The normalized spacial score (nSPS) is 20.0. The Morgan fingerprint density at radius 1 is 1.32 bits per heavy atom. The van der Waals surface area contributed by atoms with Gasteiger partial charge in [-0.05, 0) is 12.8 Å². The topological polar surface area (TPSA) is 99.7 Å². The predicted octanol–water partition coefficient (Wildman–Crippen LogP) is 1.14. The molecule has 136 valence electrons. The number of nitrogens with zero attached hydrogens (tertiary/aromatic N) is 4. The number of amides is 2. The summed E-state index contributed by atoms with van der Waals surface area (Å²) in [7, 11) is 0. The lowest BCUT2D eigenvalue weighted by molar-refractivity contribution is -0.117. The van der Waals surface area contributed by atoms with Crippen molar-refractivity contribution >= 4 is 29.3 Å². The minimum atomic E-state index is -0.309. The summed E-state index contributed by atoms with van der Waals surface area (Å²) >= 11 is 0. The molecule has 2 aliphatic rings. The molecule has 25 heavy (non-hydrogen) atoms. The molecule has 3 heterocycles. The molecule has 1 aromatic heterocycles. The average molecular weight is 348 g/mol. The van der Waals surface area contributed by atoms with Crippen LogP contribution in [0.2, 0.25) is 0 Å². The second-order valence-electron chi connectivity index (χ2n) is 6.45. The highest BCUT2D eigenvalue weighted by Crippen LogP contribution is 2.34. The third-order valence-corrected chi connectivity index (χ3v) is 4.42. The van der Waals surface area contributed by atoms with E-state index >= 15 is 0 Å². The van der Waals surface area contributed by atoms with Crippen LogP contribution in [0.4, 0.5) is 22.1 Å². The zero-order chi connectivity index (χ0) is 18.0. The summed E-state index contributed by atoms with van der Waals surface area (Å²) in [5, 5.41) is 6.13. The monoisotopic (exact) mass is 348 g/mol. The Labute approximate surface area is 146 Å². The molecule has 2 amide bonds. The first-order valence-electron chi connectivity index (χ1n) is 8.60. The van der Waals surface area contributed by atoms with E-state index in [0.717, 1.165) is 0 Å². The molecule has 9 nitrogen and oxygen atoms in total. The number of carbonyl (C=O) groups is 2. The van der Waals surface area contributed by atoms with E-state index < -0.39 is 0 Å². The number of anilines is 3. The number of fused-ring (bicyclic) bond motifs is 1. The van der Waals surface area contributed by atoms with Crippen molar-refractivity contribution in [2.24, 2.45) is 5.92 Å². The molecule has 0 saturated carbocycles. The van der Waals surface area contributed by atoms with E-state index in [1.807, 2.05) is 18.7 Å². The number of nitrogens with one attached hydrogen (secondary N) is 2. The van der Waals surface area contributed by atoms with Crippen LogP contribution in [0.3, 0.4) is 0 Å². The molecule has 1 atom stereocenters. The number of hydrogen-bond donors (Lipinski definition) is 2. The van der Waals surface area contributed by atoms with Gasteiger partial charge in [0.1, 0.15) is 18.1 Å². The van der Waals surface area contributed by atoms with Crippen LogP contribution in [0, 0.1) is 5.92 Å². The molecule has 1 saturated heterocycles. The number of hydrogen-bond acceptors (Lipinski definition) is 7. The van der Waals surface area contributed by atoms with Crippen molar-refractivity contribution in [1.82, 2.24) is 14.9 Å². The van der Waals surface area contributed by atoms with Crippen LogP contribution in [-0.2, 0) is 9.53 Å². The Morgan fingerprint density at radius 3 is 2.68 bits per heavy atom. The summed E-state index contributed by atoms with van der Waals surface area (Å²) in [5.74, 6) is 1.39. The van der Waals surface area contributed by atoms with Crippen molar-refractivity contribution in [3.05, 3.63) is 6.33 Å². The number of aromatic nitrogens is 2. The van der Waals surface area contributed by atoms with Crippen LogP contribution < -0.4 is 15.5 Å². The molecule has 3 rings (SSSR count). The van der Waals surface area contributed by atoms with Crippen LogP contribution in [0.15, 0.2) is 6.33 Å². The highest BCUT2D eigenvalue weighted by molar-refractivity contribution is 6.05. The second kappa shape index (κ2) is 7.12. The maximum absolute atomic E-state index is 12.3. The Bertz CT molecular complexity index is 657. The molecule has 0 radical (unpaired) electrons. The van der Waals surface area contributed by atoms with Crippen molar-refractivity contribution in [1.29, 1.82) is 0 Å². The van der Waals surface area contributed by atoms with Gasteiger partial charge in [0.05, 0.1) is 6.61 Å². The number of ether oxygens (including phenoxy) is 1. The summed E-state index contributed by atoms with van der Waals surface area (Å²) in [6.07, 6.45) is 1.20. The molecule has 9 heteroatoms. The van der Waals surface area contributed by atoms with E-state index in [1.54, 1.807) is 11.8 Å². The SMILES string of the molecule is CCOC(=O)N1CCN(c2ncnc3c2NC(=O)C(C(C)C)N3)CC1. The van der Waals surface area contributed by atoms with Crippen LogP contribution in [0.5, 0.6) is 0 Å². The zero-order valence-electron chi connectivity index (χ0n) is 14.8. The summed E-state index contributed by atoms with van der Waals surface area (Å²) in [4.78, 5) is 36.5. The third-order valence-electron chi connectivity index (χ3n) is 4.42. The van der Waals surface area contributed by atoms with Crippen molar-refractivity contribution in [2.75, 3.05) is 48.3 Å². The molecule has 1 fully saturated rings. The van der Waals surface area contributed by atoms with Gasteiger partial charge in [-0.2, -0.15) is 0 Å². The number of piperazine rings is 1. The number of rotatable bonds is 3. The third kappa shape index (κ3) is 3.45. The molecule has 0 spiro atoms. The Morgan fingerprint density at radius 2 is 2.04 bits per heavy atom. The highest BCUT2D eigenvalue weighted by atomic mass is 16.6. The smallest absolute Gasteiger partial charge is 0.409 e. The first kappa shape index (κ1) is 17.2. The summed E-state index contributed by atoms with van der Waals surface area (Å²) < 4.78 is 5.04. The van der Waals surface area contributed by atoms with Crippen LogP contribution in [-0.4, -0.2) is 65.7 Å². The van der Waals surface area contributed by atoms with Gasteiger partial charge in [0, 0.05) is 26.2 Å². The summed E-state index contributed by atoms with van der Waals surface area (Å²) in [6.45, 7) is 8.46. The van der Waals surface area contributed by atoms with Crippen molar-refractivity contribution in [3.8, 4) is 0 Å². The lowest BCUT2D eigenvalue weighted by Crippen LogP contribution is -2.50. The fraction of sp³-hybridized carbons (Fsp3) is 0.625. The number of carbonyl (C=O) groups excluding carboxylic acids is 2. The fourth-order valence-electron chi connectivity index (χ4n) is 3.04. The van der Waals surface area contributed by atoms with Gasteiger partial charge in [-0.3, -0.25) is 4.79 Å². The van der Waals surface area contributed by atoms with Gasteiger partial charge < -0.3 is 25.2 Å². The van der Waals surface area contributed by atoms with E-state index in [-0.39, 0.29) is 24.0 Å². The Balaban J connectivity index is 1.74. The maximum Gasteiger partial charge on any atom is 0.409 e. The van der Waals surface area contributed by atoms with E-state index in [4.69, 9.17) is 4.74 Å². The van der Waals surface area contributed by atoms with Crippen molar-refractivity contribution in [3.63, 3.8) is 0 Å². The van der Waals surface area contributed by atoms with Gasteiger partial charge in [0.25, 0.3) is 0 Å². The Kier molecular flexibility index (Phi) is 4.91. The first-order valence-corrected chi connectivity index (χ1v) is 8.60.